The van der Waals surface area contributed by atoms with Crippen molar-refractivity contribution in [3.05, 3.63) is 64.7 Å². The van der Waals surface area contributed by atoms with Crippen LogP contribution in [0.25, 0.3) is 0 Å². The number of hydrogen-bond acceptors (Lipinski definition) is 3. The van der Waals surface area contributed by atoms with Crippen LogP contribution in [0.15, 0.2) is 42.5 Å². The fourth-order valence-corrected chi connectivity index (χ4v) is 2.77. The first-order chi connectivity index (χ1) is 12.3. The third-order valence-electron chi connectivity index (χ3n) is 4.22. The predicted molar refractivity (Wildman–Crippen MR) is 104 cm³/mol. The lowest BCUT2D eigenvalue weighted by molar-refractivity contribution is -0.123. The SMILES string of the molecule is Cc1cccc(C)c1NC(=O)[C@@H](C)OC(=O)c1ccc(CC(C)C)cc1. The van der Waals surface area contributed by atoms with Gasteiger partial charge in [-0.25, -0.2) is 4.79 Å². The zero-order chi connectivity index (χ0) is 19.3. The van der Waals surface area contributed by atoms with Crippen LogP contribution < -0.4 is 5.32 Å². The van der Waals surface area contributed by atoms with Crippen molar-refractivity contribution in [1.29, 1.82) is 0 Å². The minimum atomic E-state index is -0.878. The van der Waals surface area contributed by atoms with Gasteiger partial charge in [0.15, 0.2) is 6.10 Å². The maximum Gasteiger partial charge on any atom is 0.338 e. The third kappa shape index (κ3) is 5.19. The summed E-state index contributed by atoms with van der Waals surface area (Å²) in [4.78, 5) is 24.6. The second kappa shape index (κ2) is 8.65. The van der Waals surface area contributed by atoms with Crippen LogP contribution in [-0.2, 0) is 16.0 Å². The summed E-state index contributed by atoms with van der Waals surface area (Å²) in [7, 11) is 0. The Bertz CT molecular complexity index is 758. The van der Waals surface area contributed by atoms with Crippen molar-refractivity contribution in [3.63, 3.8) is 0 Å². The van der Waals surface area contributed by atoms with Gasteiger partial charge in [0, 0.05) is 5.69 Å². The van der Waals surface area contributed by atoms with E-state index in [0.29, 0.717) is 11.5 Å². The van der Waals surface area contributed by atoms with Crippen LogP contribution in [0.2, 0.25) is 0 Å². The van der Waals surface area contributed by atoms with E-state index in [1.807, 2.05) is 44.2 Å². The lowest BCUT2D eigenvalue weighted by Crippen LogP contribution is -2.30. The molecular weight excluding hydrogens is 326 g/mol. The Kier molecular flexibility index (Phi) is 6.56. The van der Waals surface area contributed by atoms with E-state index < -0.39 is 12.1 Å². The van der Waals surface area contributed by atoms with Gasteiger partial charge in [0.25, 0.3) is 5.91 Å². The highest BCUT2D eigenvalue weighted by Crippen LogP contribution is 2.20. The zero-order valence-electron chi connectivity index (χ0n) is 16.1. The summed E-state index contributed by atoms with van der Waals surface area (Å²) >= 11 is 0. The molecule has 138 valence electrons. The Hall–Kier alpha value is -2.62. The molecule has 2 aromatic rings. The molecule has 2 aromatic carbocycles. The largest absolute Gasteiger partial charge is 0.449 e. The van der Waals surface area contributed by atoms with Gasteiger partial charge in [-0.15, -0.1) is 0 Å². The quantitative estimate of drug-likeness (QED) is 0.767. The molecular formula is C22H27NO3. The number of anilines is 1. The van der Waals surface area contributed by atoms with Crippen molar-refractivity contribution < 1.29 is 14.3 Å². The first kappa shape index (κ1) is 19.7. The van der Waals surface area contributed by atoms with Gasteiger partial charge in [-0.1, -0.05) is 44.2 Å². The highest BCUT2D eigenvalue weighted by atomic mass is 16.5. The third-order valence-corrected chi connectivity index (χ3v) is 4.22. The molecule has 2 rings (SSSR count). The summed E-state index contributed by atoms with van der Waals surface area (Å²) in [6.45, 7) is 9.74. The molecule has 0 radical (unpaired) electrons. The van der Waals surface area contributed by atoms with Crippen LogP contribution in [0.5, 0.6) is 0 Å². The van der Waals surface area contributed by atoms with Gasteiger partial charge < -0.3 is 10.1 Å². The molecule has 0 aliphatic carbocycles. The maximum absolute atomic E-state index is 12.4. The van der Waals surface area contributed by atoms with Gasteiger partial charge in [-0.2, -0.15) is 0 Å². The van der Waals surface area contributed by atoms with Gasteiger partial charge >= 0.3 is 5.97 Å². The molecule has 4 nitrogen and oxygen atoms in total. The van der Waals surface area contributed by atoms with Crippen LogP contribution in [0.3, 0.4) is 0 Å². The van der Waals surface area contributed by atoms with Crippen molar-refractivity contribution in [1.82, 2.24) is 0 Å². The van der Waals surface area contributed by atoms with Gasteiger partial charge in [0.05, 0.1) is 5.56 Å². The molecule has 1 atom stereocenters. The van der Waals surface area contributed by atoms with Crippen molar-refractivity contribution in [3.8, 4) is 0 Å². The van der Waals surface area contributed by atoms with Gasteiger partial charge in [0.1, 0.15) is 0 Å². The van der Waals surface area contributed by atoms with E-state index in [9.17, 15) is 9.59 Å². The normalized spacial score (nSPS) is 11.9. The number of benzene rings is 2. The predicted octanol–water partition coefficient (Wildman–Crippen LogP) is 4.69. The van der Waals surface area contributed by atoms with E-state index in [1.54, 1.807) is 19.1 Å². The molecule has 0 unspecified atom stereocenters. The number of aryl methyl sites for hydroxylation is 2. The first-order valence-electron chi connectivity index (χ1n) is 8.95. The number of esters is 1. The second-order valence-electron chi connectivity index (χ2n) is 7.10. The van der Waals surface area contributed by atoms with Crippen molar-refractivity contribution in [2.45, 2.75) is 47.1 Å². The number of carbonyl (C=O) groups is 2. The topological polar surface area (TPSA) is 55.4 Å². The fraction of sp³-hybridized carbons (Fsp3) is 0.364. The Morgan fingerprint density at radius 1 is 0.962 bits per heavy atom. The van der Waals surface area contributed by atoms with Crippen LogP contribution in [0.4, 0.5) is 5.69 Å². The minimum absolute atomic E-state index is 0.341. The number of amides is 1. The lowest BCUT2D eigenvalue weighted by Gasteiger charge is -2.16. The molecule has 0 aliphatic rings. The number of para-hydroxylation sites is 1. The Morgan fingerprint density at radius 2 is 1.54 bits per heavy atom. The standard InChI is InChI=1S/C22H27NO3/c1-14(2)13-18-9-11-19(12-10-18)22(25)26-17(5)21(24)23-20-15(3)7-6-8-16(20)4/h6-12,14,17H,13H2,1-5H3,(H,23,24)/t17-/m1/s1. The van der Waals surface area contributed by atoms with Gasteiger partial charge in [0.2, 0.25) is 0 Å². The minimum Gasteiger partial charge on any atom is -0.449 e. The number of nitrogens with one attached hydrogen (secondary N) is 1. The molecule has 26 heavy (non-hydrogen) atoms. The van der Waals surface area contributed by atoms with Crippen LogP contribution >= 0.6 is 0 Å². The highest BCUT2D eigenvalue weighted by molar-refractivity contribution is 5.98. The van der Waals surface area contributed by atoms with E-state index >= 15 is 0 Å². The Morgan fingerprint density at radius 3 is 2.08 bits per heavy atom. The number of ether oxygens (including phenoxy) is 1. The molecule has 0 bridgehead atoms. The molecule has 4 heteroatoms. The smallest absolute Gasteiger partial charge is 0.338 e. The number of carbonyl (C=O) groups excluding carboxylic acids is 2. The van der Waals surface area contributed by atoms with E-state index in [-0.39, 0.29) is 5.91 Å². The van der Waals surface area contributed by atoms with Crippen LogP contribution in [0, 0.1) is 19.8 Å². The highest BCUT2D eigenvalue weighted by Gasteiger charge is 2.20. The summed E-state index contributed by atoms with van der Waals surface area (Å²) in [6.07, 6.45) is 0.0843. The summed E-state index contributed by atoms with van der Waals surface area (Å²) in [5, 5.41) is 2.85. The van der Waals surface area contributed by atoms with E-state index in [0.717, 1.165) is 23.2 Å². The summed E-state index contributed by atoms with van der Waals surface area (Å²) in [5.41, 5.74) is 4.33. The average molecular weight is 353 g/mol. The zero-order valence-corrected chi connectivity index (χ0v) is 16.1. The van der Waals surface area contributed by atoms with Crippen LogP contribution in [-0.4, -0.2) is 18.0 Å². The first-order valence-corrected chi connectivity index (χ1v) is 8.95. The van der Waals surface area contributed by atoms with E-state index in [4.69, 9.17) is 4.74 Å². The molecule has 0 saturated heterocycles. The lowest BCUT2D eigenvalue weighted by atomic mass is 10.0. The van der Waals surface area contributed by atoms with Crippen molar-refractivity contribution >= 4 is 17.6 Å². The van der Waals surface area contributed by atoms with E-state index in [1.165, 1.54) is 5.56 Å². The maximum atomic E-state index is 12.4. The monoisotopic (exact) mass is 353 g/mol. The molecule has 1 amide bonds. The second-order valence-corrected chi connectivity index (χ2v) is 7.10. The molecule has 0 heterocycles. The molecule has 0 fully saturated rings. The van der Waals surface area contributed by atoms with Crippen molar-refractivity contribution in [2.75, 3.05) is 5.32 Å². The Labute approximate surface area is 155 Å². The summed E-state index contributed by atoms with van der Waals surface area (Å²) in [6, 6.07) is 13.1. The summed E-state index contributed by atoms with van der Waals surface area (Å²) < 4.78 is 5.32. The summed E-state index contributed by atoms with van der Waals surface area (Å²) in [5.74, 6) is -0.279. The molecule has 0 saturated carbocycles. The fourth-order valence-electron chi connectivity index (χ4n) is 2.77. The van der Waals surface area contributed by atoms with E-state index in [2.05, 4.69) is 19.2 Å². The molecule has 0 spiro atoms. The molecule has 1 N–H and O–H groups in total. The Balaban J connectivity index is 1.98. The van der Waals surface area contributed by atoms with Gasteiger partial charge in [-0.3, -0.25) is 4.79 Å². The number of rotatable bonds is 6. The van der Waals surface area contributed by atoms with Crippen LogP contribution in [0.1, 0.15) is 47.8 Å². The molecule has 0 aliphatic heterocycles. The van der Waals surface area contributed by atoms with Crippen molar-refractivity contribution in [2.24, 2.45) is 5.92 Å². The average Bonchev–Trinajstić information content (AvgIpc) is 2.58. The van der Waals surface area contributed by atoms with Gasteiger partial charge in [-0.05, 0) is 61.9 Å². The number of hydrogen-bond donors (Lipinski definition) is 1. The molecule has 0 aromatic heterocycles.